The maximum absolute atomic E-state index is 5.51. The van der Waals surface area contributed by atoms with Crippen LogP contribution in [0.15, 0.2) is 22.7 Å². The molecule has 0 amide bonds. The van der Waals surface area contributed by atoms with E-state index >= 15 is 0 Å². The number of ether oxygens (including phenoxy) is 2. The van der Waals surface area contributed by atoms with Gasteiger partial charge >= 0.3 is 0 Å². The summed E-state index contributed by atoms with van der Waals surface area (Å²) >= 11 is 0. The number of hydrogen-bond donors (Lipinski definition) is 0. The van der Waals surface area contributed by atoms with Gasteiger partial charge in [-0.3, -0.25) is 4.90 Å². The first-order chi connectivity index (χ1) is 11.4. The molecule has 2 aromatic rings. The highest BCUT2D eigenvalue weighted by atomic mass is 16.7. The zero-order valence-electron chi connectivity index (χ0n) is 12.9. The second kappa shape index (κ2) is 5.23. The zero-order valence-corrected chi connectivity index (χ0v) is 12.9. The molecule has 1 aromatic heterocycles. The van der Waals surface area contributed by atoms with E-state index in [1.165, 1.54) is 24.8 Å². The van der Waals surface area contributed by atoms with Crippen molar-refractivity contribution in [1.82, 2.24) is 15.0 Å². The zero-order chi connectivity index (χ0) is 15.2. The van der Waals surface area contributed by atoms with Gasteiger partial charge in [-0.15, -0.1) is 0 Å². The molecule has 1 atom stereocenters. The number of benzene rings is 1. The lowest BCUT2D eigenvalue weighted by Crippen LogP contribution is -2.23. The fourth-order valence-electron chi connectivity index (χ4n) is 3.52. The predicted octanol–water partition coefficient (Wildman–Crippen LogP) is 3.01. The first-order valence-corrected chi connectivity index (χ1v) is 8.33. The summed E-state index contributed by atoms with van der Waals surface area (Å²) in [5.74, 6) is 3.83. The van der Waals surface area contributed by atoms with E-state index in [2.05, 4.69) is 27.2 Å². The van der Waals surface area contributed by atoms with E-state index in [1.807, 2.05) is 6.07 Å². The van der Waals surface area contributed by atoms with Crippen LogP contribution in [0.4, 0.5) is 0 Å². The van der Waals surface area contributed by atoms with Gasteiger partial charge in [0.05, 0.1) is 6.54 Å². The molecule has 0 radical (unpaired) electrons. The number of aromatic nitrogens is 2. The minimum Gasteiger partial charge on any atom is -0.454 e. The summed E-state index contributed by atoms with van der Waals surface area (Å²) in [5.41, 5.74) is 1.28. The monoisotopic (exact) mass is 313 g/mol. The van der Waals surface area contributed by atoms with E-state index in [4.69, 9.17) is 14.0 Å². The smallest absolute Gasteiger partial charge is 0.231 e. The summed E-state index contributed by atoms with van der Waals surface area (Å²) in [6.45, 7) is 2.13. The third-order valence-electron chi connectivity index (χ3n) is 4.90. The quantitative estimate of drug-likeness (QED) is 0.864. The Labute approximate surface area is 134 Å². The van der Waals surface area contributed by atoms with Crippen molar-refractivity contribution >= 4 is 0 Å². The van der Waals surface area contributed by atoms with Crippen molar-refractivity contribution in [1.29, 1.82) is 0 Å². The van der Waals surface area contributed by atoms with Crippen LogP contribution in [0.2, 0.25) is 0 Å². The van der Waals surface area contributed by atoms with E-state index < -0.39 is 0 Å². The van der Waals surface area contributed by atoms with Crippen molar-refractivity contribution in [2.45, 2.75) is 44.2 Å². The Bertz CT molecular complexity index is 726. The molecule has 1 aliphatic carbocycles. The normalized spacial score (nSPS) is 23.6. The minimum atomic E-state index is 0.319. The van der Waals surface area contributed by atoms with Crippen molar-refractivity contribution in [3.8, 4) is 11.5 Å². The fourth-order valence-corrected chi connectivity index (χ4v) is 3.52. The first kappa shape index (κ1) is 13.4. The lowest BCUT2D eigenvalue weighted by molar-refractivity contribution is 0.173. The maximum atomic E-state index is 5.51. The lowest BCUT2D eigenvalue weighted by atomic mass is 10.0. The molecule has 2 fully saturated rings. The Morgan fingerprint density at radius 3 is 2.96 bits per heavy atom. The Morgan fingerprint density at radius 1 is 1.13 bits per heavy atom. The Hall–Kier alpha value is -2.08. The van der Waals surface area contributed by atoms with Crippen LogP contribution in [0.1, 0.15) is 54.9 Å². The van der Waals surface area contributed by atoms with Crippen LogP contribution in [-0.2, 0) is 6.54 Å². The molecule has 2 aliphatic heterocycles. The van der Waals surface area contributed by atoms with Gasteiger partial charge in [0.2, 0.25) is 12.7 Å². The average molecular weight is 313 g/mol. The van der Waals surface area contributed by atoms with Crippen LogP contribution in [0.25, 0.3) is 0 Å². The van der Waals surface area contributed by atoms with Crippen LogP contribution >= 0.6 is 0 Å². The van der Waals surface area contributed by atoms with Crippen LogP contribution < -0.4 is 9.47 Å². The molecule has 6 nitrogen and oxygen atoms in total. The number of rotatable bonds is 4. The molecule has 0 unspecified atom stereocenters. The number of likely N-dealkylation sites (tertiary alicyclic amines) is 1. The molecule has 0 bridgehead atoms. The van der Waals surface area contributed by atoms with E-state index in [9.17, 15) is 0 Å². The van der Waals surface area contributed by atoms with Gasteiger partial charge in [-0.2, -0.15) is 4.98 Å². The van der Waals surface area contributed by atoms with Gasteiger partial charge in [-0.25, -0.2) is 0 Å². The summed E-state index contributed by atoms with van der Waals surface area (Å²) in [6.07, 6.45) is 4.70. The molecular formula is C17H19N3O3. The molecule has 6 heteroatoms. The summed E-state index contributed by atoms with van der Waals surface area (Å²) in [4.78, 5) is 6.99. The topological polar surface area (TPSA) is 60.6 Å². The molecule has 1 saturated carbocycles. The van der Waals surface area contributed by atoms with Gasteiger partial charge in [-0.1, -0.05) is 11.2 Å². The van der Waals surface area contributed by atoms with Gasteiger partial charge in [0, 0.05) is 12.0 Å². The largest absolute Gasteiger partial charge is 0.454 e. The molecule has 120 valence electrons. The minimum absolute atomic E-state index is 0.319. The van der Waals surface area contributed by atoms with E-state index in [1.54, 1.807) is 0 Å². The van der Waals surface area contributed by atoms with Crippen LogP contribution in [0.5, 0.6) is 11.5 Å². The molecular weight excluding hydrogens is 294 g/mol. The summed E-state index contributed by atoms with van der Waals surface area (Å²) < 4.78 is 16.3. The third-order valence-corrected chi connectivity index (χ3v) is 4.90. The Kier molecular flexibility index (Phi) is 3.04. The van der Waals surface area contributed by atoms with Crippen LogP contribution in [0, 0.1) is 0 Å². The summed E-state index contributed by atoms with van der Waals surface area (Å²) in [7, 11) is 0. The lowest BCUT2D eigenvalue weighted by Gasteiger charge is -2.23. The second-order valence-electron chi connectivity index (χ2n) is 6.56. The van der Waals surface area contributed by atoms with E-state index in [0.29, 0.717) is 18.8 Å². The third kappa shape index (κ3) is 2.47. The van der Waals surface area contributed by atoms with Crippen molar-refractivity contribution in [2.24, 2.45) is 0 Å². The van der Waals surface area contributed by atoms with Gasteiger partial charge in [0.1, 0.15) is 0 Å². The highest BCUT2D eigenvalue weighted by Gasteiger charge is 2.32. The highest BCUT2D eigenvalue weighted by molar-refractivity contribution is 5.45. The van der Waals surface area contributed by atoms with Gasteiger partial charge < -0.3 is 14.0 Å². The van der Waals surface area contributed by atoms with Gasteiger partial charge in [0.25, 0.3) is 0 Å². The average Bonchev–Trinajstić information content (AvgIpc) is 3.00. The number of nitrogens with zero attached hydrogens (tertiary/aromatic N) is 3. The molecule has 5 rings (SSSR count). The van der Waals surface area contributed by atoms with Crippen LogP contribution in [0.3, 0.4) is 0 Å². The van der Waals surface area contributed by atoms with E-state index in [-0.39, 0.29) is 0 Å². The number of hydrogen-bond acceptors (Lipinski definition) is 6. The Balaban J connectivity index is 1.35. The van der Waals surface area contributed by atoms with Crippen LogP contribution in [-0.4, -0.2) is 28.4 Å². The molecule has 1 aromatic carbocycles. The van der Waals surface area contributed by atoms with Crippen molar-refractivity contribution in [2.75, 3.05) is 13.3 Å². The highest BCUT2D eigenvalue weighted by Crippen LogP contribution is 2.40. The molecule has 23 heavy (non-hydrogen) atoms. The summed E-state index contributed by atoms with van der Waals surface area (Å²) in [5, 5.41) is 4.15. The fraction of sp³-hybridized carbons (Fsp3) is 0.529. The molecule has 0 N–H and O–H groups in total. The Morgan fingerprint density at radius 2 is 2.04 bits per heavy atom. The van der Waals surface area contributed by atoms with Crippen molar-refractivity contribution in [3.63, 3.8) is 0 Å². The van der Waals surface area contributed by atoms with Crippen molar-refractivity contribution in [3.05, 3.63) is 35.5 Å². The SMILES string of the molecule is c1cc2c(cc1[C@H]1CCCN1Cc1noc(C3CC3)n1)OCO2. The summed E-state index contributed by atoms with van der Waals surface area (Å²) in [6, 6.07) is 6.64. The van der Waals surface area contributed by atoms with Crippen molar-refractivity contribution < 1.29 is 14.0 Å². The molecule has 1 saturated heterocycles. The second-order valence-corrected chi connectivity index (χ2v) is 6.56. The van der Waals surface area contributed by atoms with Gasteiger partial charge in [0.15, 0.2) is 17.3 Å². The maximum Gasteiger partial charge on any atom is 0.231 e. The molecule has 3 heterocycles. The van der Waals surface area contributed by atoms with Gasteiger partial charge in [-0.05, 0) is 49.9 Å². The first-order valence-electron chi connectivity index (χ1n) is 8.33. The number of fused-ring (bicyclic) bond motifs is 1. The predicted molar refractivity (Wildman–Crippen MR) is 81.2 cm³/mol. The molecule has 3 aliphatic rings. The standard InChI is InChI=1S/C17H19N3O3/c1-2-13(12-5-6-14-15(8-12)22-10-21-14)20(7-1)9-16-18-17(23-19-16)11-3-4-11/h5-6,8,11,13H,1-4,7,9-10H2/t13-/m1/s1. The van der Waals surface area contributed by atoms with E-state index in [0.717, 1.165) is 42.7 Å². The molecule has 0 spiro atoms.